The van der Waals surface area contributed by atoms with E-state index in [1.165, 1.54) is 13.2 Å². The van der Waals surface area contributed by atoms with E-state index in [2.05, 4.69) is 13.8 Å². The summed E-state index contributed by atoms with van der Waals surface area (Å²) in [4.78, 5) is 0. The van der Waals surface area contributed by atoms with E-state index in [9.17, 15) is 9.50 Å². The Bertz CT molecular complexity index is 374. The zero-order chi connectivity index (χ0) is 13.1. The summed E-state index contributed by atoms with van der Waals surface area (Å²) in [7, 11) is 1.43. The minimum absolute atomic E-state index is 0.202. The van der Waals surface area contributed by atoms with Crippen molar-refractivity contribution in [2.75, 3.05) is 7.11 Å². The highest BCUT2D eigenvalue weighted by Crippen LogP contribution is 2.31. The molecule has 0 aliphatic rings. The maximum absolute atomic E-state index is 13.6. The fourth-order valence-corrected chi connectivity index (χ4v) is 1.94. The smallest absolute Gasteiger partial charge is 0.165 e. The Labute approximate surface area is 102 Å². The van der Waals surface area contributed by atoms with E-state index in [4.69, 9.17) is 4.74 Å². The van der Waals surface area contributed by atoms with E-state index in [1.807, 2.05) is 0 Å². The molecule has 0 aliphatic heterocycles. The second-order valence-electron chi connectivity index (χ2n) is 4.84. The van der Waals surface area contributed by atoms with Crippen LogP contribution < -0.4 is 4.74 Å². The third-order valence-corrected chi connectivity index (χ3v) is 3.22. The summed E-state index contributed by atoms with van der Waals surface area (Å²) in [6.07, 6.45) is 1.62. The molecule has 2 unspecified atom stereocenters. The van der Waals surface area contributed by atoms with Crippen LogP contribution in [0.1, 0.15) is 39.2 Å². The highest BCUT2D eigenvalue weighted by atomic mass is 19.1. The average molecular weight is 240 g/mol. The number of benzene rings is 1. The molecule has 0 aliphatic carbocycles. The molecular weight excluding hydrogens is 219 g/mol. The van der Waals surface area contributed by atoms with Crippen molar-refractivity contribution in [2.24, 2.45) is 5.92 Å². The molecule has 0 radical (unpaired) electrons. The maximum atomic E-state index is 13.6. The van der Waals surface area contributed by atoms with Crippen LogP contribution in [-0.4, -0.2) is 12.2 Å². The summed E-state index contributed by atoms with van der Waals surface area (Å²) < 4.78 is 18.4. The summed E-state index contributed by atoms with van der Waals surface area (Å²) in [5.41, 5.74) is -0.404. The molecule has 0 heterocycles. The molecule has 0 amide bonds. The molecular formula is C14H21FO2. The Balaban J connectivity index is 2.94. The second-order valence-corrected chi connectivity index (χ2v) is 4.84. The zero-order valence-electron chi connectivity index (χ0n) is 11.0. The van der Waals surface area contributed by atoms with Crippen molar-refractivity contribution < 1.29 is 14.2 Å². The van der Waals surface area contributed by atoms with E-state index in [0.717, 1.165) is 6.42 Å². The molecule has 0 spiro atoms. The topological polar surface area (TPSA) is 29.5 Å². The summed E-state index contributed by atoms with van der Waals surface area (Å²) >= 11 is 0. The predicted molar refractivity (Wildman–Crippen MR) is 66.6 cm³/mol. The molecule has 2 nitrogen and oxygen atoms in total. The largest absolute Gasteiger partial charge is 0.494 e. The maximum Gasteiger partial charge on any atom is 0.165 e. The molecule has 3 heteroatoms. The fourth-order valence-electron chi connectivity index (χ4n) is 1.94. The number of halogens is 1. The molecule has 1 aromatic carbocycles. The Hall–Kier alpha value is -1.09. The summed E-state index contributed by atoms with van der Waals surface area (Å²) in [5, 5.41) is 10.4. The van der Waals surface area contributed by atoms with Crippen LogP contribution >= 0.6 is 0 Å². The third-order valence-electron chi connectivity index (χ3n) is 3.22. The third kappa shape index (κ3) is 3.43. The summed E-state index contributed by atoms with van der Waals surface area (Å²) in [5.74, 6) is 0.165. The van der Waals surface area contributed by atoms with Crippen molar-refractivity contribution in [3.63, 3.8) is 0 Å². The summed E-state index contributed by atoms with van der Waals surface area (Å²) in [6.45, 7) is 5.88. The molecule has 0 fully saturated rings. The number of aliphatic hydroxyl groups is 1. The number of methoxy groups -OCH3 is 1. The Morgan fingerprint density at radius 1 is 1.47 bits per heavy atom. The number of rotatable bonds is 5. The first-order chi connectivity index (χ1) is 7.90. The van der Waals surface area contributed by atoms with Crippen LogP contribution in [0, 0.1) is 11.7 Å². The van der Waals surface area contributed by atoms with Crippen LogP contribution in [0.3, 0.4) is 0 Å². The highest BCUT2D eigenvalue weighted by molar-refractivity contribution is 5.32. The van der Waals surface area contributed by atoms with Crippen LogP contribution in [0.5, 0.6) is 5.75 Å². The van der Waals surface area contributed by atoms with Gasteiger partial charge in [0.2, 0.25) is 0 Å². The van der Waals surface area contributed by atoms with Crippen LogP contribution in [0.15, 0.2) is 18.2 Å². The quantitative estimate of drug-likeness (QED) is 0.853. The molecule has 96 valence electrons. The first-order valence-corrected chi connectivity index (χ1v) is 5.97. The molecule has 0 saturated carbocycles. The van der Waals surface area contributed by atoms with E-state index < -0.39 is 11.4 Å². The minimum atomic E-state index is -0.997. The number of ether oxygens (including phenoxy) is 1. The van der Waals surface area contributed by atoms with E-state index in [1.54, 1.807) is 19.1 Å². The van der Waals surface area contributed by atoms with Gasteiger partial charge in [-0.2, -0.15) is 0 Å². The molecule has 1 aromatic rings. The lowest BCUT2D eigenvalue weighted by Crippen LogP contribution is -2.24. The average Bonchev–Trinajstić information content (AvgIpc) is 2.28. The zero-order valence-corrected chi connectivity index (χ0v) is 11.0. The standard InChI is InChI=1S/C14H21FO2/c1-5-10(2)9-14(3,16)11-6-7-13(17-4)12(15)8-11/h6-8,10,16H,5,9H2,1-4H3. The molecule has 17 heavy (non-hydrogen) atoms. The normalized spacial score (nSPS) is 16.4. The van der Waals surface area contributed by atoms with Gasteiger partial charge < -0.3 is 9.84 Å². The Kier molecular flexibility index (Phi) is 4.52. The molecule has 0 saturated heterocycles. The van der Waals surface area contributed by atoms with Gasteiger partial charge in [-0.1, -0.05) is 26.3 Å². The van der Waals surface area contributed by atoms with Crippen molar-refractivity contribution in [3.05, 3.63) is 29.6 Å². The van der Waals surface area contributed by atoms with Gasteiger partial charge in [0.1, 0.15) is 0 Å². The fraction of sp³-hybridized carbons (Fsp3) is 0.571. The molecule has 1 N–H and O–H groups in total. The van der Waals surface area contributed by atoms with Gasteiger partial charge in [-0.15, -0.1) is 0 Å². The molecule has 1 rings (SSSR count). The van der Waals surface area contributed by atoms with Crippen molar-refractivity contribution in [2.45, 2.75) is 39.2 Å². The van der Waals surface area contributed by atoms with E-state index in [-0.39, 0.29) is 5.75 Å². The number of hydrogen-bond acceptors (Lipinski definition) is 2. The van der Waals surface area contributed by atoms with Crippen molar-refractivity contribution >= 4 is 0 Å². The van der Waals surface area contributed by atoms with Gasteiger partial charge in [0.05, 0.1) is 12.7 Å². The first kappa shape index (κ1) is 14.0. The summed E-state index contributed by atoms with van der Waals surface area (Å²) in [6, 6.07) is 4.61. The lowest BCUT2D eigenvalue weighted by Gasteiger charge is -2.27. The van der Waals surface area contributed by atoms with Gasteiger partial charge in [-0.3, -0.25) is 0 Å². The van der Waals surface area contributed by atoms with Gasteiger partial charge in [-0.25, -0.2) is 4.39 Å². The number of hydrogen-bond donors (Lipinski definition) is 1. The van der Waals surface area contributed by atoms with Gasteiger partial charge >= 0.3 is 0 Å². The molecule has 0 bridgehead atoms. The minimum Gasteiger partial charge on any atom is -0.494 e. The van der Waals surface area contributed by atoms with Crippen LogP contribution in [-0.2, 0) is 5.60 Å². The van der Waals surface area contributed by atoms with Gasteiger partial charge in [0, 0.05) is 0 Å². The van der Waals surface area contributed by atoms with Gasteiger partial charge in [-0.05, 0) is 37.0 Å². The lowest BCUT2D eigenvalue weighted by molar-refractivity contribution is 0.0315. The van der Waals surface area contributed by atoms with E-state index in [0.29, 0.717) is 17.9 Å². The SMILES string of the molecule is CCC(C)CC(C)(O)c1ccc(OC)c(F)c1. The first-order valence-electron chi connectivity index (χ1n) is 5.97. The van der Waals surface area contributed by atoms with Crippen molar-refractivity contribution in [1.82, 2.24) is 0 Å². The van der Waals surface area contributed by atoms with Gasteiger partial charge in [0.25, 0.3) is 0 Å². The van der Waals surface area contributed by atoms with Crippen molar-refractivity contribution in [3.8, 4) is 5.75 Å². The predicted octanol–water partition coefficient (Wildman–Crippen LogP) is 3.48. The Morgan fingerprint density at radius 2 is 2.12 bits per heavy atom. The lowest BCUT2D eigenvalue weighted by atomic mass is 9.86. The second kappa shape index (κ2) is 5.50. The molecule has 2 atom stereocenters. The van der Waals surface area contributed by atoms with Crippen LogP contribution in [0.25, 0.3) is 0 Å². The van der Waals surface area contributed by atoms with Gasteiger partial charge in [0.15, 0.2) is 11.6 Å². The van der Waals surface area contributed by atoms with Crippen LogP contribution in [0.2, 0.25) is 0 Å². The highest BCUT2D eigenvalue weighted by Gasteiger charge is 2.26. The van der Waals surface area contributed by atoms with E-state index >= 15 is 0 Å². The Morgan fingerprint density at radius 3 is 2.59 bits per heavy atom. The van der Waals surface area contributed by atoms with Crippen molar-refractivity contribution in [1.29, 1.82) is 0 Å². The monoisotopic (exact) mass is 240 g/mol. The molecule has 0 aromatic heterocycles. The van der Waals surface area contributed by atoms with Crippen LogP contribution in [0.4, 0.5) is 4.39 Å².